The molecule has 0 saturated carbocycles. The van der Waals surface area contributed by atoms with Gasteiger partial charge in [-0.2, -0.15) is 0 Å². The van der Waals surface area contributed by atoms with Gasteiger partial charge < -0.3 is 9.72 Å². The summed E-state index contributed by atoms with van der Waals surface area (Å²) in [6.07, 6.45) is 2.33. The van der Waals surface area contributed by atoms with E-state index < -0.39 is 0 Å². The van der Waals surface area contributed by atoms with Gasteiger partial charge in [0.05, 0.1) is 28.8 Å². The molecular formula is C18H17N5O2S3. The zero-order valence-corrected chi connectivity index (χ0v) is 17.3. The number of aromatic nitrogens is 5. The highest BCUT2D eigenvalue weighted by Gasteiger charge is 2.22. The Hall–Kier alpha value is -2.01. The van der Waals surface area contributed by atoms with Crippen LogP contribution in [0.1, 0.15) is 18.7 Å². The van der Waals surface area contributed by atoms with Crippen LogP contribution < -0.4 is 5.56 Å². The second-order valence-electron chi connectivity index (χ2n) is 6.47. The number of hydrogen-bond donors (Lipinski definition) is 1. The molecule has 1 atom stereocenters. The first-order valence-corrected chi connectivity index (χ1v) is 11.7. The lowest BCUT2D eigenvalue weighted by atomic mass is 10.2. The fourth-order valence-electron chi connectivity index (χ4n) is 3.26. The van der Waals surface area contributed by atoms with Gasteiger partial charge in [-0.05, 0) is 35.7 Å². The number of nitrogens with zero attached hydrogens (tertiary/aromatic N) is 4. The minimum Gasteiger partial charge on any atom is -0.376 e. The van der Waals surface area contributed by atoms with Gasteiger partial charge in [0.2, 0.25) is 0 Å². The first-order chi connectivity index (χ1) is 13.8. The first kappa shape index (κ1) is 18.0. The van der Waals surface area contributed by atoms with Crippen LogP contribution in [0.15, 0.2) is 38.9 Å². The second kappa shape index (κ2) is 7.78. The Kier molecular flexibility index (Phi) is 5.02. The van der Waals surface area contributed by atoms with E-state index in [4.69, 9.17) is 4.74 Å². The highest BCUT2D eigenvalue weighted by Crippen LogP contribution is 2.30. The van der Waals surface area contributed by atoms with Gasteiger partial charge in [0.15, 0.2) is 11.0 Å². The summed E-state index contributed by atoms with van der Waals surface area (Å²) in [7, 11) is 0. The van der Waals surface area contributed by atoms with Gasteiger partial charge in [-0.25, -0.2) is 4.98 Å². The van der Waals surface area contributed by atoms with Crippen LogP contribution in [0.25, 0.3) is 20.9 Å². The van der Waals surface area contributed by atoms with E-state index in [2.05, 4.69) is 30.8 Å². The van der Waals surface area contributed by atoms with E-state index >= 15 is 0 Å². The number of H-pyrrole nitrogens is 1. The molecule has 1 aliphatic heterocycles. The Morgan fingerprint density at radius 3 is 3.07 bits per heavy atom. The maximum absolute atomic E-state index is 12.2. The lowest BCUT2D eigenvalue weighted by Gasteiger charge is -2.14. The van der Waals surface area contributed by atoms with Crippen LogP contribution in [0.4, 0.5) is 0 Å². The lowest BCUT2D eigenvalue weighted by molar-refractivity contribution is 0.0953. The van der Waals surface area contributed by atoms with Crippen LogP contribution in [0, 0.1) is 0 Å². The van der Waals surface area contributed by atoms with E-state index in [9.17, 15) is 4.79 Å². The second-order valence-corrected chi connectivity index (χ2v) is 9.27. The van der Waals surface area contributed by atoms with Gasteiger partial charge in [0, 0.05) is 6.61 Å². The fourth-order valence-corrected chi connectivity index (χ4v) is 5.52. The van der Waals surface area contributed by atoms with Crippen molar-refractivity contribution in [2.75, 3.05) is 6.61 Å². The van der Waals surface area contributed by atoms with E-state index in [1.807, 2.05) is 22.9 Å². The predicted molar refractivity (Wildman–Crippen MR) is 112 cm³/mol. The molecule has 1 aliphatic rings. The molecule has 0 aliphatic carbocycles. The van der Waals surface area contributed by atoms with E-state index in [0.29, 0.717) is 16.3 Å². The minimum atomic E-state index is -0.0873. The summed E-state index contributed by atoms with van der Waals surface area (Å²) >= 11 is 4.59. The summed E-state index contributed by atoms with van der Waals surface area (Å²) in [5.74, 6) is 2.03. The number of nitrogens with one attached hydrogen (secondary N) is 1. The minimum absolute atomic E-state index is 0.0873. The van der Waals surface area contributed by atoms with Crippen molar-refractivity contribution in [3.63, 3.8) is 0 Å². The van der Waals surface area contributed by atoms with E-state index in [1.54, 1.807) is 11.3 Å². The molecule has 4 aromatic rings. The Labute approximate surface area is 172 Å². The van der Waals surface area contributed by atoms with Crippen LogP contribution in [0.2, 0.25) is 0 Å². The Bertz CT molecular complexity index is 1140. The smallest absolute Gasteiger partial charge is 0.268 e. The number of ether oxygens (including phenoxy) is 1. The maximum Gasteiger partial charge on any atom is 0.268 e. The van der Waals surface area contributed by atoms with Gasteiger partial charge in [-0.3, -0.25) is 9.36 Å². The van der Waals surface area contributed by atoms with Crippen molar-refractivity contribution in [3.05, 3.63) is 45.1 Å². The van der Waals surface area contributed by atoms with Crippen LogP contribution in [-0.4, -0.2) is 37.4 Å². The molecule has 1 N–H and O–H groups in total. The molecule has 0 radical (unpaired) electrons. The predicted octanol–water partition coefficient (Wildman–Crippen LogP) is 3.78. The molecule has 0 aromatic carbocycles. The Balaban J connectivity index is 1.42. The highest BCUT2D eigenvalue weighted by atomic mass is 32.2. The van der Waals surface area contributed by atoms with Crippen molar-refractivity contribution in [2.24, 2.45) is 0 Å². The molecule has 10 heteroatoms. The summed E-state index contributed by atoms with van der Waals surface area (Å²) in [5.41, 5.74) is 0.653. The van der Waals surface area contributed by atoms with Crippen molar-refractivity contribution < 1.29 is 4.74 Å². The molecule has 5 heterocycles. The Morgan fingerprint density at radius 2 is 2.25 bits per heavy atom. The number of thioether (sulfide) groups is 1. The molecule has 0 spiro atoms. The molecule has 7 nitrogen and oxygen atoms in total. The first-order valence-electron chi connectivity index (χ1n) is 8.96. The summed E-state index contributed by atoms with van der Waals surface area (Å²) in [4.78, 5) is 20.7. The van der Waals surface area contributed by atoms with Crippen molar-refractivity contribution >= 4 is 44.7 Å². The number of hydrogen-bond acceptors (Lipinski definition) is 8. The summed E-state index contributed by atoms with van der Waals surface area (Å²) < 4.78 is 8.63. The van der Waals surface area contributed by atoms with Gasteiger partial charge in [-0.15, -0.1) is 32.9 Å². The molecule has 0 unspecified atom stereocenters. The summed E-state index contributed by atoms with van der Waals surface area (Å²) in [5, 5.41) is 13.6. The molecule has 0 bridgehead atoms. The van der Waals surface area contributed by atoms with Crippen LogP contribution in [0.5, 0.6) is 0 Å². The number of aromatic amines is 1. The van der Waals surface area contributed by atoms with E-state index in [0.717, 1.165) is 47.4 Å². The van der Waals surface area contributed by atoms with Crippen molar-refractivity contribution in [3.8, 4) is 10.7 Å². The third kappa shape index (κ3) is 3.52. The Morgan fingerprint density at radius 1 is 1.29 bits per heavy atom. The standard InChI is InChI=1S/C18H17N5O2S3/c24-17-15-12(5-8-27-15)19-14(20-17)10-28-18-22-21-16(13-4-2-7-26-13)23(18)9-11-3-1-6-25-11/h2,4-5,7-8,11H,1,3,6,9-10H2,(H,19,20,24)/t11-/m0/s1. The molecule has 1 saturated heterocycles. The summed E-state index contributed by atoms with van der Waals surface area (Å²) in [6, 6.07) is 5.94. The third-order valence-corrected chi connectivity index (χ3v) is 7.32. The van der Waals surface area contributed by atoms with Crippen molar-refractivity contribution in [2.45, 2.75) is 36.4 Å². The van der Waals surface area contributed by atoms with E-state index in [1.165, 1.54) is 23.1 Å². The van der Waals surface area contributed by atoms with Gasteiger partial charge in [-0.1, -0.05) is 17.8 Å². The molecule has 5 rings (SSSR count). The lowest BCUT2D eigenvalue weighted by Crippen LogP contribution is -2.16. The van der Waals surface area contributed by atoms with Gasteiger partial charge in [0.25, 0.3) is 5.56 Å². The molecule has 1 fully saturated rings. The normalized spacial score (nSPS) is 16.9. The van der Waals surface area contributed by atoms with E-state index in [-0.39, 0.29) is 11.7 Å². The molecule has 144 valence electrons. The molecular weight excluding hydrogens is 414 g/mol. The average molecular weight is 432 g/mol. The molecule has 28 heavy (non-hydrogen) atoms. The quantitative estimate of drug-likeness (QED) is 0.468. The zero-order chi connectivity index (χ0) is 18.9. The van der Waals surface area contributed by atoms with Crippen LogP contribution in [-0.2, 0) is 17.0 Å². The number of thiophene rings is 2. The molecule has 0 amide bonds. The van der Waals surface area contributed by atoms with Crippen LogP contribution in [0.3, 0.4) is 0 Å². The maximum atomic E-state index is 12.2. The van der Waals surface area contributed by atoms with Crippen molar-refractivity contribution in [1.29, 1.82) is 0 Å². The monoisotopic (exact) mass is 431 g/mol. The van der Waals surface area contributed by atoms with Crippen molar-refractivity contribution in [1.82, 2.24) is 24.7 Å². The van der Waals surface area contributed by atoms with Gasteiger partial charge in [0.1, 0.15) is 10.5 Å². The van der Waals surface area contributed by atoms with Gasteiger partial charge >= 0.3 is 0 Å². The highest BCUT2D eigenvalue weighted by molar-refractivity contribution is 7.98. The largest absolute Gasteiger partial charge is 0.376 e. The van der Waals surface area contributed by atoms with Crippen LogP contribution >= 0.6 is 34.4 Å². The number of fused-ring (bicyclic) bond motifs is 1. The third-order valence-electron chi connectivity index (χ3n) is 4.57. The SMILES string of the molecule is O=c1[nH]c(CSc2nnc(-c3cccs3)n2C[C@@H]2CCCO2)nc2ccsc12. The number of rotatable bonds is 6. The topological polar surface area (TPSA) is 85.7 Å². The molecule has 4 aromatic heterocycles. The summed E-state index contributed by atoms with van der Waals surface area (Å²) in [6.45, 7) is 1.55. The average Bonchev–Trinajstić information content (AvgIpc) is 3.47. The zero-order valence-electron chi connectivity index (χ0n) is 14.8. The fraction of sp³-hybridized carbons (Fsp3) is 0.333.